The molecule has 22 heavy (non-hydrogen) atoms. The van der Waals surface area contributed by atoms with E-state index in [-0.39, 0.29) is 11.9 Å². The maximum absolute atomic E-state index is 12.0. The van der Waals surface area contributed by atoms with E-state index in [4.69, 9.17) is 9.15 Å². The van der Waals surface area contributed by atoms with Crippen molar-refractivity contribution in [3.8, 4) is 5.75 Å². The number of carbonyl (C=O) groups excluding carboxylic acids is 1. The summed E-state index contributed by atoms with van der Waals surface area (Å²) in [6.07, 6.45) is 3.12. The lowest BCUT2D eigenvalue weighted by Crippen LogP contribution is -2.25. The van der Waals surface area contributed by atoms with Crippen molar-refractivity contribution in [2.75, 3.05) is 7.11 Å². The molecule has 0 aliphatic rings. The molecule has 0 fully saturated rings. The van der Waals surface area contributed by atoms with Crippen molar-refractivity contribution < 1.29 is 13.9 Å². The van der Waals surface area contributed by atoms with Gasteiger partial charge in [0.1, 0.15) is 17.3 Å². The fourth-order valence-corrected chi connectivity index (χ4v) is 2.23. The third-order valence-electron chi connectivity index (χ3n) is 3.37. The number of amides is 1. The summed E-state index contributed by atoms with van der Waals surface area (Å²) >= 11 is 0. The lowest BCUT2D eigenvalue weighted by Gasteiger charge is -2.17. The number of aryl methyl sites for hydroxylation is 2. The van der Waals surface area contributed by atoms with Gasteiger partial charge in [0.2, 0.25) is 5.91 Å². The van der Waals surface area contributed by atoms with Gasteiger partial charge in [0.15, 0.2) is 0 Å². The Labute approximate surface area is 130 Å². The van der Waals surface area contributed by atoms with E-state index in [1.807, 2.05) is 51.1 Å². The van der Waals surface area contributed by atoms with Crippen LogP contribution in [0, 0.1) is 13.8 Å². The number of methoxy groups -OCH3 is 1. The van der Waals surface area contributed by atoms with Crippen LogP contribution in [0.2, 0.25) is 0 Å². The summed E-state index contributed by atoms with van der Waals surface area (Å²) in [4.78, 5) is 12.0. The second-order valence-electron chi connectivity index (χ2n) is 5.26. The Hall–Kier alpha value is -2.49. The van der Waals surface area contributed by atoms with E-state index < -0.39 is 0 Å². The van der Waals surface area contributed by atoms with Crippen molar-refractivity contribution >= 4 is 12.0 Å². The molecule has 116 valence electrons. The van der Waals surface area contributed by atoms with Crippen molar-refractivity contribution in [2.45, 2.75) is 26.8 Å². The van der Waals surface area contributed by atoms with Gasteiger partial charge in [-0.1, -0.05) is 17.7 Å². The summed E-state index contributed by atoms with van der Waals surface area (Å²) in [7, 11) is 1.63. The minimum atomic E-state index is -0.176. The number of nitrogens with one attached hydrogen (secondary N) is 1. The maximum Gasteiger partial charge on any atom is 0.244 e. The first kappa shape index (κ1) is 15.9. The van der Waals surface area contributed by atoms with Crippen LogP contribution < -0.4 is 10.1 Å². The Balaban J connectivity index is 2.05. The highest BCUT2D eigenvalue weighted by molar-refractivity contribution is 5.91. The normalized spacial score (nSPS) is 12.4. The molecule has 0 bridgehead atoms. The molecular weight excluding hydrogens is 278 g/mol. The molecule has 0 radical (unpaired) electrons. The molecule has 0 spiro atoms. The van der Waals surface area contributed by atoms with E-state index in [2.05, 4.69) is 5.32 Å². The quantitative estimate of drug-likeness (QED) is 0.854. The largest absolute Gasteiger partial charge is 0.496 e. The van der Waals surface area contributed by atoms with Gasteiger partial charge in [-0.05, 0) is 45.0 Å². The molecule has 0 aliphatic heterocycles. The summed E-state index contributed by atoms with van der Waals surface area (Å²) < 4.78 is 10.7. The summed E-state index contributed by atoms with van der Waals surface area (Å²) in [6, 6.07) is 9.45. The predicted molar refractivity (Wildman–Crippen MR) is 86.8 cm³/mol. The molecule has 1 aromatic carbocycles. The molecule has 2 aromatic rings. The van der Waals surface area contributed by atoms with Gasteiger partial charge in [0.25, 0.3) is 0 Å². The minimum Gasteiger partial charge on any atom is -0.496 e. The number of ether oxygens (including phenoxy) is 1. The van der Waals surface area contributed by atoms with Gasteiger partial charge in [-0.15, -0.1) is 0 Å². The summed E-state index contributed by atoms with van der Waals surface area (Å²) in [5.41, 5.74) is 2.08. The smallest absolute Gasteiger partial charge is 0.244 e. The van der Waals surface area contributed by atoms with Crippen molar-refractivity contribution in [1.82, 2.24) is 5.32 Å². The van der Waals surface area contributed by atoms with Gasteiger partial charge < -0.3 is 14.5 Å². The zero-order valence-corrected chi connectivity index (χ0v) is 13.3. The fraction of sp³-hybridized carbons (Fsp3) is 0.278. The van der Waals surface area contributed by atoms with Crippen molar-refractivity contribution in [2.24, 2.45) is 0 Å². The van der Waals surface area contributed by atoms with Gasteiger partial charge in [-0.2, -0.15) is 0 Å². The Morgan fingerprint density at radius 3 is 2.68 bits per heavy atom. The number of rotatable bonds is 5. The molecule has 1 unspecified atom stereocenters. The Bertz CT molecular complexity index is 685. The third kappa shape index (κ3) is 4.01. The first-order valence-electron chi connectivity index (χ1n) is 7.19. The van der Waals surface area contributed by atoms with E-state index in [9.17, 15) is 4.79 Å². The van der Waals surface area contributed by atoms with Gasteiger partial charge >= 0.3 is 0 Å². The number of hydrogen-bond acceptors (Lipinski definition) is 3. The maximum atomic E-state index is 12.0. The van der Waals surface area contributed by atoms with Crippen LogP contribution >= 0.6 is 0 Å². The van der Waals surface area contributed by atoms with Crippen LogP contribution in [-0.4, -0.2) is 13.0 Å². The molecular formula is C18H21NO3. The molecule has 1 aromatic heterocycles. The lowest BCUT2D eigenvalue weighted by atomic mass is 10.0. The predicted octanol–water partition coefficient (Wildman–Crippen LogP) is 3.80. The van der Waals surface area contributed by atoms with Crippen LogP contribution in [0.15, 0.2) is 40.8 Å². The summed E-state index contributed by atoms with van der Waals surface area (Å²) in [6.45, 7) is 5.81. The Morgan fingerprint density at radius 2 is 2.05 bits per heavy atom. The average Bonchev–Trinajstić information content (AvgIpc) is 2.90. The van der Waals surface area contributed by atoms with E-state index >= 15 is 0 Å². The molecule has 0 aliphatic carbocycles. The second kappa shape index (κ2) is 6.98. The Kier molecular flexibility index (Phi) is 5.04. The van der Waals surface area contributed by atoms with Crippen LogP contribution in [0.4, 0.5) is 0 Å². The first-order valence-corrected chi connectivity index (χ1v) is 7.19. The zero-order chi connectivity index (χ0) is 16.1. The minimum absolute atomic E-state index is 0.148. The molecule has 0 saturated carbocycles. The monoisotopic (exact) mass is 299 g/mol. The van der Waals surface area contributed by atoms with E-state index in [0.717, 1.165) is 22.6 Å². The molecule has 4 nitrogen and oxygen atoms in total. The number of carbonyl (C=O) groups is 1. The molecule has 1 N–H and O–H groups in total. The highest BCUT2D eigenvalue weighted by atomic mass is 16.5. The van der Waals surface area contributed by atoms with Crippen LogP contribution in [0.25, 0.3) is 6.08 Å². The van der Waals surface area contributed by atoms with Gasteiger partial charge in [0.05, 0.1) is 13.2 Å². The first-order chi connectivity index (χ1) is 10.5. The van der Waals surface area contributed by atoms with Crippen LogP contribution in [-0.2, 0) is 4.79 Å². The van der Waals surface area contributed by atoms with Gasteiger partial charge in [0, 0.05) is 11.6 Å². The zero-order valence-electron chi connectivity index (χ0n) is 13.3. The lowest BCUT2D eigenvalue weighted by molar-refractivity contribution is -0.117. The Morgan fingerprint density at radius 1 is 1.27 bits per heavy atom. The highest BCUT2D eigenvalue weighted by Gasteiger charge is 2.13. The molecule has 4 heteroatoms. The van der Waals surface area contributed by atoms with Crippen molar-refractivity contribution in [1.29, 1.82) is 0 Å². The van der Waals surface area contributed by atoms with E-state index in [1.54, 1.807) is 13.2 Å². The topological polar surface area (TPSA) is 51.5 Å². The third-order valence-corrected chi connectivity index (χ3v) is 3.37. The van der Waals surface area contributed by atoms with E-state index in [0.29, 0.717) is 5.76 Å². The standard InChI is InChI=1S/C18H21NO3/c1-12-5-9-17(21-4)16(11-12)14(3)19-18(20)10-8-15-7-6-13(2)22-15/h5-11,14H,1-4H3,(H,19,20)/b10-8+. The van der Waals surface area contributed by atoms with Crippen molar-refractivity contribution in [3.63, 3.8) is 0 Å². The molecule has 1 amide bonds. The average molecular weight is 299 g/mol. The van der Waals surface area contributed by atoms with E-state index in [1.165, 1.54) is 6.08 Å². The summed E-state index contributed by atoms with van der Waals surface area (Å²) in [5.74, 6) is 2.07. The highest BCUT2D eigenvalue weighted by Crippen LogP contribution is 2.26. The number of furan rings is 1. The van der Waals surface area contributed by atoms with Crippen LogP contribution in [0.3, 0.4) is 0 Å². The van der Waals surface area contributed by atoms with Crippen LogP contribution in [0.1, 0.15) is 35.6 Å². The number of hydrogen-bond donors (Lipinski definition) is 1. The SMILES string of the molecule is COc1ccc(C)cc1C(C)NC(=O)/C=C/c1ccc(C)o1. The fourth-order valence-electron chi connectivity index (χ4n) is 2.23. The van der Waals surface area contributed by atoms with Crippen molar-refractivity contribution in [3.05, 3.63) is 59.1 Å². The van der Waals surface area contributed by atoms with Crippen LogP contribution in [0.5, 0.6) is 5.75 Å². The molecule has 2 rings (SSSR count). The molecule has 1 atom stereocenters. The molecule has 1 heterocycles. The summed E-state index contributed by atoms with van der Waals surface area (Å²) in [5, 5.41) is 2.93. The van der Waals surface area contributed by atoms with Gasteiger partial charge in [-0.3, -0.25) is 4.79 Å². The molecule has 0 saturated heterocycles. The second-order valence-corrected chi connectivity index (χ2v) is 5.26. The van der Waals surface area contributed by atoms with Gasteiger partial charge in [-0.25, -0.2) is 0 Å². The number of benzene rings is 1.